The van der Waals surface area contributed by atoms with Crippen LogP contribution < -0.4 is 0 Å². The maximum Gasteiger partial charge on any atom is 0.0725 e. The van der Waals surface area contributed by atoms with E-state index in [2.05, 4.69) is 56.5 Å². The molecular weight excluding hydrogens is 198 g/mol. The summed E-state index contributed by atoms with van der Waals surface area (Å²) in [6, 6.07) is 0. The van der Waals surface area contributed by atoms with Crippen LogP contribution >= 0.6 is 0 Å². The number of nitrogens with zero attached hydrogens (tertiary/aromatic N) is 3. The maximum absolute atomic E-state index is 4.17. The Morgan fingerprint density at radius 1 is 1.06 bits per heavy atom. The molecule has 0 fully saturated rings. The zero-order valence-corrected chi connectivity index (χ0v) is 11.5. The van der Waals surface area contributed by atoms with Gasteiger partial charge in [-0.2, -0.15) is 0 Å². The fourth-order valence-corrected chi connectivity index (χ4v) is 1.59. The Bertz CT molecular complexity index is 326. The lowest BCUT2D eigenvalue weighted by atomic mass is 9.90. The molecule has 0 N–H and O–H groups in total. The highest BCUT2D eigenvalue weighted by Gasteiger charge is 2.17. The third kappa shape index (κ3) is 4.77. The average molecular weight is 223 g/mol. The van der Waals surface area contributed by atoms with Crippen LogP contribution in [0.4, 0.5) is 0 Å². The molecule has 3 nitrogen and oxygen atoms in total. The monoisotopic (exact) mass is 223 g/mol. The zero-order valence-electron chi connectivity index (χ0n) is 11.5. The smallest absolute Gasteiger partial charge is 0.0725 e. The summed E-state index contributed by atoms with van der Waals surface area (Å²) in [5, 5.41) is 8.19. The molecule has 0 aliphatic rings. The Kier molecular flexibility index (Phi) is 3.76. The molecular formula is C13H25N3. The second-order valence-corrected chi connectivity index (χ2v) is 7.00. The van der Waals surface area contributed by atoms with Crippen molar-refractivity contribution in [2.24, 2.45) is 10.8 Å². The van der Waals surface area contributed by atoms with Crippen LogP contribution in [0.5, 0.6) is 0 Å². The van der Waals surface area contributed by atoms with E-state index in [1.807, 2.05) is 6.20 Å². The van der Waals surface area contributed by atoms with Gasteiger partial charge in [0.2, 0.25) is 0 Å². The molecule has 0 saturated carbocycles. The third-order valence-corrected chi connectivity index (χ3v) is 2.48. The summed E-state index contributed by atoms with van der Waals surface area (Å²) >= 11 is 0. The topological polar surface area (TPSA) is 30.7 Å². The van der Waals surface area contributed by atoms with Gasteiger partial charge < -0.3 is 0 Å². The van der Waals surface area contributed by atoms with Crippen LogP contribution in [0.2, 0.25) is 0 Å². The standard InChI is InChI=1S/C13H25N3/c1-12(2,3)7-8-16-11(10-14-15-16)9-13(4,5)6/h10H,7-9H2,1-6H3. The molecule has 1 heterocycles. The molecule has 0 amide bonds. The van der Waals surface area contributed by atoms with Gasteiger partial charge >= 0.3 is 0 Å². The fourth-order valence-electron chi connectivity index (χ4n) is 1.59. The molecule has 92 valence electrons. The van der Waals surface area contributed by atoms with Gasteiger partial charge in [-0.3, -0.25) is 0 Å². The molecule has 1 rings (SSSR count). The molecule has 1 aromatic heterocycles. The highest BCUT2D eigenvalue weighted by Crippen LogP contribution is 2.22. The first-order chi connectivity index (χ1) is 7.17. The lowest BCUT2D eigenvalue weighted by Gasteiger charge is -2.21. The summed E-state index contributed by atoms with van der Waals surface area (Å²) in [5.41, 5.74) is 1.89. The molecule has 0 radical (unpaired) electrons. The molecule has 0 aliphatic heterocycles. The Labute approximate surface area is 99.2 Å². The highest BCUT2D eigenvalue weighted by molar-refractivity contribution is 4.97. The largest absolute Gasteiger partial charge is 0.249 e. The third-order valence-electron chi connectivity index (χ3n) is 2.48. The summed E-state index contributed by atoms with van der Waals surface area (Å²) in [4.78, 5) is 0. The van der Waals surface area contributed by atoms with E-state index in [0.717, 1.165) is 19.4 Å². The Hall–Kier alpha value is -0.860. The van der Waals surface area contributed by atoms with Crippen LogP contribution in [-0.4, -0.2) is 15.0 Å². The molecule has 0 aliphatic carbocycles. The second kappa shape index (κ2) is 4.56. The number of aromatic nitrogens is 3. The van der Waals surface area contributed by atoms with Gasteiger partial charge in [-0.05, 0) is 23.7 Å². The molecule has 1 aromatic rings. The molecule has 0 bridgehead atoms. The van der Waals surface area contributed by atoms with E-state index in [1.165, 1.54) is 5.69 Å². The van der Waals surface area contributed by atoms with Crippen molar-refractivity contribution in [2.75, 3.05) is 0 Å². The molecule has 16 heavy (non-hydrogen) atoms. The van der Waals surface area contributed by atoms with Crippen molar-refractivity contribution in [1.82, 2.24) is 15.0 Å². The van der Waals surface area contributed by atoms with Gasteiger partial charge in [0.25, 0.3) is 0 Å². The SMILES string of the molecule is CC(C)(C)CCn1nncc1CC(C)(C)C. The molecule has 0 aromatic carbocycles. The van der Waals surface area contributed by atoms with Crippen molar-refractivity contribution in [1.29, 1.82) is 0 Å². The Balaban J connectivity index is 2.64. The van der Waals surface area contributed by atoms with Crippen LogP contribution in [0.15, 0.2) is 6.20 Å². The van der Waals surface area contributed by atoms with Gasteiger partial charge in [0.1, 0.15) is 0 Å². The van der Waals surface area contributed by atoms with Crippen LogP contribution in [0.25, 0.3) is 0 Å². The summed E-state index contributed by atoms with van der Waals surface area (Å²) in [7, 11) is 0. The summed E-state index contributed by atoms with van der Waals surface area (Å²) < 4.78 is 2.05. The zero-order chi connectivity index (χ0) is 12.4. The first-order valence-electron chi connectivity index (χ1n) is 6.05. The van der Waals surface area contributed by atoms with E-state index >= 15 is 0 Å². The molecule has 3 heteroatoms. The van der Waals surface area contributed by atoms with Crippen molar-refractivity contribution in [2.45, 2.75) is 60.9 Å². The number of rotatable bonds is 3. The minimum Gasteiger partial charge on any atom is -0.249 e. The molecule has 0 spiro atoms. The lowest BCUT2D eigenvalue weighted by molar-refractivity contribution is 0.327. The van der Waals surface area contributed by atoms with E-state index in [9.17, 15) is 0 Å². The summed E-state index contributed by atoms with van der Waals surface area (Å²) in [6.07, 6.45) is 4.06. The molecule has 0 saturated heterocycles. The predicted octanol–water partition coefficient (Wildman–Crippen LogP) is 3.30. The van der Waals surface area contributed by atoms with Crippen molar-refractivity contribution in [3.63, 3.8) is 0 Å². The van der Waals surface area contributed by atoms with Crippen molar-refractivity contribution >= 4 is 0 Å². The number of hydrogen-bond donors (Lipinski definition) is 0. The van der Waals surface area contributed by atoms with Gasteiger partial charge in [0, 0.05) is 6.54 Å². The van der Waals surface area contributed by atoms with E-state index in [1.54, 1.807) is 0 Å². The predicted molar refractivity (Wildman–Crippen MR) is 67.3 cm³/mol. The van der Waals surface area contributed by atoms with Gasteiger partial charge in [0.05, 0.1) is 11.9 Å². The first kappa shape index (κ1) is 13.2. The van der Waals surface area contributed by atoms with E-state index in [4.69, 9.17) is 0 Å². The van der Waals surface area contributed by atoms with Crippen molar-refractivity contribution in [3.8, 4) is 0 Å². The van der Waals surface area contributed by atoms with Crippen LogP contribution in [0, 0.1) is 10.8 Å². The highest BCUT2D eigenvalue weighted by atomic mass is 15.4. The van der Waals surface area contributed by atoms with Gasteiger partial charge in [-0.25, -0.2) is 4.68 Å². The van der Waals surface area contributed by atoms with E-state index < -0.39 is 0 Å². The van der Waals surface area contributed by atoms with Crippen molar-refractivity contribution < 1.29 is 0 Å². The van der Waals surface area contributed by atoms with Crippen LogP contribution in [0.1, 0.15) is 53.7 Å². The first-order valence-corrected chi connectivity index (χ1v) is 6.05. The van der Waals surface area contributed by atoms with Crippen LogP contribution in [-0.2, 0) is 13.0 Å². The summed E-state index contributed by atoms with van der Waals surface area (Å²) in [5.74, 6) is 0. The minimum absolute atomic E-state index is 0.293. The van der Waals surface area contributed by atoms with E-state index in [0.29, 0.717) is 10.8 Å². The lowest BCUT2D eigenvalue weighted by Crippen LogP contribution is -2.17. The van der Waals surface area contributed by atoms with Gasteiger partial charge in [-0.1, -0.05) is 46.8 Å². The number of hydrogen-bond acceptors (Lipinski definition) is 2. The van der Waals surface area contributed by atoms with E-state index in [-0.39, 0.29) is 0 Å². The summed E-state index contributed by atoms with van der Waals surface area (Å²) in [6.45, 7) is 14.5. The van der Waals surface area contributed by atoms with Gasteiger partial charge in [0.15, 0.2) is 0 Å². The molecule has 0 atom stereocenters. The fraction of sp³-hybridized carbons (Fsp3) is 0.846. The minimum atomic E-state index is 0.293. The Morgan fingerprint density at radius 2 is 1.69 bits per heavy atom. The molecule has 0 unspecified atom stereocenters. The van der Waals surface area contributed by atoms with Crippen molar-refractivity contribution in [3.05, 3.63) is 11.9 Å². The average Bonchev–Trinajstić information content (AvgIpc) is 2.44. The normalized spacial score (nSPS) is 13.1. The Morgan fingerprint density at radius 3 is 2.19 bits per heavy atom. The number of aryl methyl sites for hydroxylation is 1. The maximum atomic E-state index is 4.17. The van der Waals surface area contributed by atoms with Gasteiger partial charge in [-0.15, -0.1) is 5.10 Å². The second-order valence-electron chi connectivity index (χ2n) is 7.00. The quantitative estimate of drug-likeness (QED) is 0.787. The van der Waals surface area contributed by atoms with Crippen LogP contribution in [0.3, 0.4) is 0 Å².